The largest absolute Gasteiger partial charge is 0.480 e. The topological polar surface area (TPSA) is 69.6 Å². The number of hydrogen-bond acceptors (Lipinski definition) is 2. The van der Waals surface area contributed by atoms with E-state index in [1.807, 2.05) is 0 Å². The lowest BCUT2D eigenvalue weighted by Gasteiger charge is -2.20. The Morgan fingerprint density at radius 3 is 2.41 bits per heavy atom. The third-order valence-corrected chi connectivity index (χ3v) is 2.09. The summed E-state index contributed by atoms with van der Waals surface area (Å²) in [4.78, 5) is 23.3. The predicted octanol–water partition coefficient (Wildman–Crippen LogP) is 1.45. The van der Waals surface area contributed by atoms with Crippen LogP contribution in [0.3, 0.4) is 0 Å². The van der Waals surface area contributed by atoms with Crippen molar-refractivity contribution in [3.05, 3.63) is 30.1 Å². The Labute approximate surface area is 97.8 Å². The van der Waals surface area contributed by atoms with Crippen molar-refractivity contribution in [3.8, 4) is 0 Å². The number of rotatable bonds is 4. The van der Waals surface area contributed by atoms with Gasteiger partial charge in [0.25, 0.3) is 0 Å². The first-order valence-corrected chi connectivity index (χ1v) is 5.07. The molecule has 0 spiro atoms. The molecule has 0 unspecified atom stereocenters. The zero-order valence-corrected chi connectivity index (χ0v) is 9.31. The summed E-state index contributed by atoms with van der Waals surface area (Å²) in [7, 11) is 0. The molecule has 0 saturated carbocycles. The fraction of sp³-hybridized carbons (Fsp3) is 0.273. The monoisotopic (exact) mass is 240 g/mol. The van der Waals surface area contributed by atoms with Gasteiger partial charge in [-0.15, -0.1) is 0 Å². The van der Waals surface area contributed by atoms with Gasteiger partial charge in [0.15, 0.2) is 0 Å². The van der Waals surface area contributed by atoms with Crippen LogP contribution >= 0.6 is 0 Å². The number of urea groups is 1. The highest BCUT2D eigenvalue weighted by atomic mass is 19.1. The summed E-state index contributed by atoms with van der Waals surface area (Å²) in [5, 5.41) is 10.7. The molecule has 5 nitrogen and oxygen atoms in total. The van der Waals surface area contributed by atoms with E-state index < -0.39 is 24.4 Å². The Hall–Kier alpha value is -2.11. The first-order chi connectivity index (χ1) is 8.04. The van der Waals surface area contributed by atoms with Crippen molar-refractivity contribution in [2.24, 2.45) is 0 Å². The van der Waals surface area contributed by atoms with Crippen LogP contribution in [-0.2, 0) is 4.79 Å². The van der Waals surface area contributed by atoms with Gasteiger partial charge in [-0.3, -0.25) is 9.69 Å². The second-order valence-electron chi connectivity index (χ2n) is 3.27. The number of amides is 2. The third-order valence-electron chi connectivity index (χ3n) is 2.09. The molecule has 92 valence electrons. The lowest BCUT2D eigenvalue weighted by atomic mass is 10.3. The van der Waals surface area contributed by atoms with Crippen LogP contribution in [0.1, 0.15) is 6.92 Å². The SMILES string of the molecule is CCN(C(=O)NCC(=O)O)c1ccc(F)cc1. The molecule has 0 atom stereocenters. The van der Waals surface area contributed by atoms with Crippen LogP contribution in [-0.4, -0.2) is 30.2 Å². The van der Waals surface area contributed by atoms with Crippen LogP contribution < -0.4 is 10.2 Å². The highest BCUT2D eigenvalue weighted by molar-refractivity contribution is 5.93. The second-order valence-corrected chi connectivity index (χ2v) is 3.27. The summed E-state index contributed by atoms with van der Waals surface area (Å²) >= 11 is 0. The molecule has 2 amide bonds. The van der Waals surface area contributed by atoms with E-state index in [-0.39, 0.29) is 0 Å². The van der Waals surface area contributed by atoms with Gasteiger partial charge in [-0.05, 0) is 31.2 Å². The van der Waals surface area contributed by atoms with E-state index >= 15 is 0 Å². The molecule has 1 rings (SSSR count). The van der Waals surface area contributed by atoms with Crippen molar-refractivity contribution >= 4 is 17.7 Å². The first-order valence-electron chi connectivity index (χ1n) is 5.07. The van der Waals surface area contributed by atoms with Crippen LogP contribution in [0.5, 0.6) is 0 Å². The van der Waals surface area contributed by atoms with Gasteiger partial charge in [-0.1, -0.05) is 0 Å². The summed E-state index contributed by atoms with van der Waals surface area (Å²) in [5.41, 5.74) is 0.511. The Morgan fingerprint density at radius 1 is 1.35 bits per heavy atom. The highest BCUT2D eigenvalue weighted by Crippen LogP contribution is 2.14. The van der Waals surface area contributed by atoms with Gasteiger partial charge in [0.05, 0.1) is 0 Å². The van der Waals surface area contributed by atoms with E-state index in [0.29, 0.717) is 12.2 Å². The van der Waals surface area contributed by atoms with Crippen LogP contribution in [0, 0.1) is 5.82 Å². The number of carboxylic acid groups (broad SMARTS) is 1. The third kappa shape index (κ3) is 3.75. The molecule has 17 heavy (non-hydrogen) atoms. The molecule has 6 heteroatoms. The molecule has 0 aliphatic carbocycles. The van der Waals surface area contributed by atoms with E-state index in [4.69, 9.17) is 5.11 Å². The fourth-order valence-corrected chi connectivity index (χ4v) is 1.31. The minimum absolute atomic E-state index is 0.358. The van der Waals surface area contributed by atoms with Crippen LogP contribution in [0.4, 0.5) is 14.9 Å². The van der Waals surface area contributed by atoms with E-state index in [2.05, 4.69) is 5.32 Å². The molecular formula is C11H13FN2O3. The van der Waals surface area contributed by atoms with Gasteiger partial charge in [0, 0.05) is 12.2 Å². The summed E-state index contributed by atoms with van der Waals surface area (Å²) in [6, 6.07) is 4.87. The molecule has 0 aliphatic rings. The van der Waals surface area contributed by atoms with Crippen molar-refractivity contribution in [2.75, 3.05) is 18.0 Å². The standard InChI is InChI=1S/C11H13FN2O3/c1-2-14(11(17)13-7-10(15)16)9-5-3-8(12)4-6-9/h3-6H,2,7H2,1H3,(H,13,17)(H,15,16). The second kappa shape index (κ2) is 5.83. The summed E-state index contributed by atoms with van der Waals surface area (Å²) in [6.45, 7) is 1.65. The average molecular weight is 240 g/mol. The number of nitrogens with zero attached hydrogens (tertiary/aromatic N) is 1. The molecule has 0 bridgehead atoms. The Balaban J connectivity index is 2.73. The molecule has 1 aromatic rings. The predicted molar refractivity (Wildman–Crippen MR) is 60.5 cm³/mol. The van der Waals surface area contributed by atoms with Crippen LogP contribution in [0.2, 0.25) is 0 Å². The maximum atomic E-state index is 12.7. The fourth-order valence-electron chi connectivity index (χ4n) is 1.31. The maximum absolute atomic E-state index is 12.7. The van der Waals surface area contributed by atoms with Crippen LogP contribution in [0.15, 0.2) is 24.3 Å². The molecule has 0 heterocycles. The van der Waals surface area contributed by atoms with Gasteiger partial charge >= 0.3 is 12.0 Å². The Morgan fingerprint density at radius 2 is 1.94 bits per heavy atom. The number of benzene rings is 1. The number of carboxylic acids is 1. The lowest BCUT2D eigenvalue weighted by Crippen LogP contribution is -2.42. The molecule has 0 radical (unpaired) electrons. The smallest absolute Gasteiger partial charge is 0.323 e. The molecule has 0 aliphatic heterocycles. The van der Waals surface area contributed by atoms with E-state index in [0.717, 1.165) is 0 Å². The van der Waals surface area contributed by atoms with E-state index in [1.54, 1.807) is 6.92 Å². The van der Waals surface area contributed by atoms with Crippen molar-refractivity contribution in [2.45, 2.75) is 6.92 Å². The summed E-state index contributed by atoms with van der Waals surface area (Å²) in [6.07, 6.45) is 0. The first kappa shape index (κ1) is 13.0. The molecule has 0 fully saturated rings. The van der Waals surface area contributed by atoms with E-state index in [1.165, 1.54) is 29.2 Å². The zero-order valence-electron chi connectivity index (χ0n) is 9.31. The number of anilines is 1. The molecule has 0 aromatic heterocycles. The quantitative estimate of drug-likeness (QED) is 0.836. The summed E-state index contributed by atoms with van der Waals surface area (Å²) in [5.74, 6) is -1.51. The van der Waals surface area contributed by atoms with Crippen molar-refractivity contribution in [1.82, 2.24) is 5.32 Å². The number of aliphatic carboxylic acids is 1. The van der Waals surface area contributed by atoms with Gasteiger partial charge < -0.3 is 10.4 Å². The van der Waals surface area contributed by atoms with Crippen molar-refractivity contribution in [3.63, 3.8) is 0 Å². The van der Waals surface area contributed by atoms with Crippen molar-refractivity contribution in [1.29, 1.82) is 0 Å². The van der Waals surface area contributed by atoms with Gasteiger partial charge in [-0.2, -0.15) is 0 Å². The lowest BCUT2D eigenvalue weighted by molar-refractivity contribution is -0.135. The van der Waals surface area contributed by atoms with Crippen molar-refractivity contribution < 1.29 is 19.1 Å². The number of hydrogen-bond donors (Lipinski definition) is 2. The highest BCUT2D eigenvalue weighted by Gasteiger charge is 2.14. The number of halogens is 1. The van der Waals surface area contributed by atoms with Gasteiger partial charge in [0.1, 0.15) is 12.4 Å². The Kier molecular flexibility index (Phi) is 4.45. The van der Waals surface area contributed by atoms with E-state index in [9.17, 15) is 14.0 Å². The van der Waals surface area contributed by atoms with Crippen LogP contribution in [0.25, 0.3) is 0 Å². The number of carbonyl (C=O) groups is 2. The zero-order chi connectivity index (χ0) is 12.8. The molecule has 0 saturated heterocycles. The average Bonchev–Trinajstić information content (AvgIpc) is 2.30. The Bertz CT molecular complexity index is 406. The summed E-state index contributed by atoms with van der Waals surface area (Å²) < 4.78 is 12.7. The molecule has 2 N–H and O–H groups in total. The normalized spacial score (nSPS) is 9.76. The maximum Gasteiger partial charge on any atom is 0.323 e. The minimum Gasteiger partial charge on any atom is -0.480 e. The number of carbonyl (C=O) groups excluding carboxylic acids is 1. The van der Waals surface area contributed by atoms with Gasteiger partial charge in [0.2, 0.25) is 0 Å². The minimum atomic E-state index is -1.12. The van der Waals surface area contributed by atoms with Gasteiger partial charge in [-0.25, -0.2) is 9.18 Å². The number of nitrogens with one attached hydrogen (secondary N) is 1. The molecular weight excluding hydrogens is 227 g/mol. The molecule has 1 aromatic carbocycles.